The van der Waals surface area contributed by atoms with Gasteiger partial charge < -0.3 is 20.1 Å². The van der Waals surface area contributed by atoms with Gasteiger partial charge in [0, 0.05) is 24.7 Å². The number of rotatable bonds is 1. The van der Waals surface area contributed by atoms with Crippen LogP contribution in [0.15, 0.2) is 27.9 Å². The molecule has 3 rings (SSSR count). The van der Waals surface area contributed by atoms with E-state index in [1.54, 1.807) is 0 Å². The van der Waals surface area contributed by atoms with Crippen LogP contribution in [0.25, 0.3) is 11.0 Å². The molecule has 0 bridgehead atoms. The summed E-state index contributed by atoms with van der Waals surface area (Å²) < 4.78 is 7.27. The Kier molecular flexibility index (Phi) is 3.18. The Morgan fingerprint density at radius 3 is 2.59 bits per heavy atom. The highest BCUT2D eigenvalue weighted by Gasteiger charge is 2.53. The second-order valence-corrected chi connectivity index (χ2v) is 5.49. The molecule has 22 heavy (non-hydrogen) atoms. The van der Waals surface area contributed by atoms with Gasteiger partial charge in [0.2, 0.25) is 0 Å². The van der Waals surface area contributed by atoms with E-state index in [0.29, 0.717) is 5.39 Å². The molecule has 0 radical (unpaired) electrons. The number of hydrogen-bond donors (Lipinski definition) is 3. The molecule has 9 nitrogen and oxygen atoms in total. The predicted octanol–water partition coefficient (Wildman–Crippen LogP) is -1.95. The van der Waals surface area contributed by atoms with Crippen molar-refractivity contribution < 1.29 is 20.1 Å². The summed E-state index contributed by atoms with van der Waals surface area (Å²) in [6.45, 7) is 1.25. The minimum absolute atomic E-state index is 0.187. The number of fused-ring (bicyclic) bond motifs is 1. The number of nitrogens with zero attached hydrogens (tertiary/aromatic N) is 3. The maximum atomic E-state index is 12.2. The zero-order valence-electron chi connectivity index (χ0n) is 11.9. The van der Waals surface area contributed by atoms with Gasteiger partial charge in [-0.2, -0.15) is 4.98 Å². The molecule has 1 aliphatic rings. The lowest BCUT2D eigenvalue weighted by atomic mass is 9.99. The quantitative estimate of drug-likeness (QED) is 0.559. The fourth-order valence-electron chi connectivity index (χ4n) is 2.53. The summed E-state index contributed by atoms with van der Waals surface area (Å²) in [4.78, 5) is 27.5. The van der Waals surface area contributed by atoms with Crippen LogP contribution in [-0.2, 0) is 11.8 Å². The molecular formula is C13H15N3O6. The molecule has 0 amide bonds. The summed E-state index contributed by atoms with van der Waals surface area (Å²) in [6.07, 6.45) is -3.14. The van der Waals surface area contributed by atoms with Crippen molar-refractivity contribution in [3.63, 3.8) is 0 Å². The van der Waals surface area contributed by atoms with Crippen LogP contribution in [0.2, 0.25) is 0 Å². The zero-order valence-corrected chi connectivity index (χ0v) is 11.9. The molecule has 4 atom stereocenters. The van der Waals surface area contributed by atoms with Crippen molar-refractivity contribution >= 4 is 11.0 Å². The van der Waals surface area contributed by atoms with E-state index in [1.807, 2.05) is 0 Å². The Balaban J connectivity index is 2.21. The fraction of sp³-hybridized carbons (Fsp3) is 0.462. The summed E-state index contributed by atoms with van der Waals surface area (Å²) >= 11 is 0. The molecule has 9 heteroatoms. The zero-order chi connectivity index (χ0) is 16.2. The Morgan fingerprint density at radius 2 is 2.00 bits per heavy atom. The second kappa shape index (κ2) is 4.71. The first-order valence-electron chi connectivity index (χ1n) is 6.56. The summed E-state index contributed by atoms with van der Waals surface area (Å²) in [6, 6.07) is 2.80. The highest BCUT2D eigenvalue weighted by Crippen LogP contribution is 2.36. The second-order valence-electron chi connectivity index (χ2n) is 5.49. The standard InChI is InChI=1S/C13H15N3O6/c1-13(21)8(18)10(19)22-11(13)16-5-6-3-4-7(17)15(2)9(6)14-12(16)20/h3-5,8,10-11,18-19,21H,1-2H3/t8-,10?,11-,13-/m1/s1. The highest BCUT2D eigenvalue weighted by molar-refractivity contribution is 5.73. The van der Waals surface area contributed by atoms with E-state index >= 15 is 0 Å². The largest absolute Gasteiger partial charge is 0.385 e. The summed E-state index contributed by atoms with van der Waals surface area (Å²) in [5, 5.41) is 30.0. The molecule has 1 aliphatic heterocycles. The number of aliphatic hydroxyl groups is 3. The van der Waals surface area contributed by atoms with Crippen molar-refractivity contribution in [1.82, 2.24) is 14.1 Å². The van der Waals surface area contributed by atoms with E-state index in [-0.39, 0.29) is 11.2 Å². The van der Waals surface area contributed by atoms with Crippen molar-refractivity contribution in [2.24, 2.45) is 7.05 Å². The van der Waals surface area contributed by atoms with Gasteiger partial charge in [-0.05, 0) is 13.0 Å². The van der Waals surface area contributed by atoms with Crippen molar-refractivity contribution in [2.75, 3.05) is 0 Å². The third kappa shape index (κ3) is 1.98. The Morgan fingerprint density at radius 1 is 1.32 bits per heavy atom. The van der Waals surface area contributed by atoms with E-state index in [1.165, 1.54) is 36.9 Å². The first-order valence-corrected chi connectivity index (χ1v) is 6.56. The van der Waals surface area contributed by atoms with Crippen LogP contribution in [0.4, 0.5) is 0 Å². The smallest absolute Gasteiger partial charge is 0.351 e. The molecule has 2 aromatic rings. The van der Waals surface area contributed by atoms with E-state index in [0.717, 1.165) is 4.57 Å². The van der Waals surface area contributed by atoms with Gasteiger partial charge in [-0.15, -0.1) is 0 Å². The molecule has 2 aromatic heterocycles. The maximum absolute atomic E-state index is 12.2. The molecule has 3 heterocycles. The number of ether oxygens (including phenoxy) is 1. The van der Waals surface area contributed by atoms with Gasteiger partial charge >= 0.3 is 5.69 Å². The maximum Gasteiger partial charge on any atom is 0.351 e. The minimum atomic E-state index is -1.88. The first-order chi connectivity index (χ1) is 10.2. The lowest BCUT2D eigenvalue weighted by Crippen LogP contribution is -2.45. The van der Waals surface area contributed by atoms with Crippen LogP contribution in [-0.4, -0.2) is 47.4 Å². The molecular weight excluding hydrogens is 294 g/mol. The molecule has 0 spiro atoms. The van der Waals surface area contributed by atoms with Crippen LogP contribution >= 0.6 is 0 Å². The molecule has 0 aromatic carbocycles. The van der Waals surface area contributed by atoms with E-state index in [9.17, 15) is 24.9 Å². The molecule has 1 fully saturated rings. The summed E-state index contributed by atoms with van der Waals surface area (Å²) in [5.74, 6) is 0. The SMILES string of the molecule is Cn1c(=O)ccc2cn([C@@H]3OC(O)[C@@H](O)[C@@]3(C)O)c(=O)nc21. The summed E-state index contributed by atoms with van der Waals surface area (Å²) in [7, 11) is 1.48. The van der Waals surface area contributed by atoms with Crippen LogP contribution in [0.1, 0.15) is 13.2 Å². The Labute approximate surface area is 123 Å². The molecule has 3 N–H and O–H groups in total. The third-order valence-corrected chi connectivity index (χ3v) is 3.90. The predicted molar refractivity (Wildman–Crippen MR) is 74.0 cm³/mol. The van der Waals surface area contributed by atoms with Gasteiger partial charge in [-0.1, -0.05) is 0 Å². The molecule has 0 aliphatic carbocycles. The van der Waals surface area contributed by atoms with Crippen LogP contribution in [0, 0.1) is 0 Å². The van der Waals surface area contributed by atoms with Crippen LogP contribution in [0.5, 0.6) is 0 Å². The van der Waals surface area contributed by atoms with Gasteiger partial charge in [0.25, 0.3) is 5.56 Å². The molecule has 118 valence electrons. The highest BCUT2D eigenvalue weighted by atomic mass is 16.7. The minimum Gasteiger partial charge on any atom is -0.385 e. The van der Waals surface area contributed by atoms with Gasteiger partial charge in [0.15, 0.2) is 12.5 Å². The first kappa shape index (κ1) is 14.9. The van der Waals surface area contributed by atoms with Crippen molar-refractivity contribution in [2.45, 2.75) is 31.1 Å². The van der Waals surface area contributed by atoms with Gasteiger partial charge in [0.05, 0.1) is 0 Å². The average Bonchev–Trinajstić information content (AvgIpc) is 2.66. The van der Waals surface area contributed by atoms with Gasteiger partial charge in [-0.25, -0.2) is 4.79 Å². The van der Waals surface area contributed by atoms with E-state index < -0.39 is 29.9 Å². The Bertz CT molecular complexity index is 855. The molecule has 1 unspecified atom stereocenters. The summed E-state index contributed by atoms with van der Waals surface area (Å²) in [5.41, 5.74) is -2.78. The fourth-order valence-corrected chi connectivity index (χ4v) is 2.53. The van der Waals surface area contributed by atoms with Crippen molar-refractivity contribution in [1.29, 1.82) is 0 Å². The lowest BCUT2D eigenvalue weighted by molar-refractivity contribution is -0.143. The van der Waals surface area contributed by atoms with Crippen molar-refractivity contribution in [3.8, 4) is 0 Å². The molecule has 0 saturated carbocycles. The average molecular weight is 309 g/mol. The topological polar surface area (TPSA) is 127 Å². The number of aryl methyl sites for hydroxylation is 1. The number of hydrogen-bond acceptors (Lipinski definition) is 7. The number of aromatic nitrogens is 3. The number of aliphatic hydroxyl groups excluding tert-OH is 2. The number of pyridine rings is 1. The molecule has 1 saturated heterocycles. The third-order valence-electron chi connectivity index (χ3n) is 3.90. The van der Waals surface area contributed by atoms with E-state index in [2.05, 4.69) is 4.98 Å². The van der Waals surface area contributed by atoms with Crippen molar-refractivity contribution in [3.05, 3.63) is 39.2 Å². The monoisotopic (exact) mass is 309 g/mol. The van der Waals surface area contributed by atoms with E-state index in [4.69, 9.17) is 4.74 Å². The normalized spacial score (nSPS) is 31.8. The lowest BCUT2D eigenvalue weighted by Gasteiger charge is -2.27. The Hall–Kier alpha value is -2.07. The van der Waals surface area contributed by atoms with Crippen LogP contribution in [0.3, 0.4) is 0 Å². The van der Waals surface area contributed by atoms with Crippen LogP contribution < -0.4 is 11.2 Å². The van der Waals surface area contributed by atoms with Gasteiger partial charge in [0.1, 0.15) is 17.4 Å². The van der Waals surface area contributed by atoms with Gasteiger partial charge in [-0.3, -0.25) is 13.9 Å².